The number of hydrogen-bond acceptors (Lipinski definition) is 9. The molecule has 4 N–H and O–H groups in total. The summed E-state index contributed by atoms with van der Waals surface area (Å²) in [6.07, 6.45) is 4.25. The molecule has 0 radical (unpaired) electrons. The SMILES string of the molecule is O=C1CCC(N2C(=O)c3cccc(NCCCCCCCC(=O)Nc4ccc(N5Cc6ccc(O)cc6OC5=O)cc4)c3C2=O)C(=O)N1. The van der Waals surface area contributed by atoms with Gasteiger partial charge in [-0.1, -0.05) is 25.3 Å². The Balaban J connectivity index is 0.890. The van der Waals surface area contributed by atoms with Gasteiger partial charge >= 0.3 is 6.09 Å². The molecule has 0 spiro atoms. The van der Waals surface area contributed by atoms with Crippen LogP contribution < -0.4 is 25.6 Å². The Morgan fingerprint density at radius 2 is 1.69 bits per heavy atom. The summed E-state index contributed by atoms with van der Waals surface area (Å²) in [6, 6.07) is 15.6. The number of nitrogens with zero attached hydrogens (tertiary/aromatic N) is 2. The number of phenols is 1. The molecule has 1 saturated heterocycles. The summed E-state index contributed by atoms with van der Waals surface area (Å²) >= 11 is 0. The van der Waals surface area contributed by atoms with E-state index in [9.17, 15) is 33.9 Å². The van der Waals surface area contributed by atoms with E-state index in [2.05, 4.69) is 16.0 Å². The van der Waals surface area contributed by atoms with Crippen molar-refractivity contribution >= 4 is 52.7 Å². The standard InChI is InChI=1S/C35H35N5O8/c41-24-15-10-21-20-39(35(47)48-28(21)19-24)23-13-11-22(12-14-23)37-29(42)9-4-2-1-3-5-18-36-26-8-6-7-25-31(26)34(46)40(33(25)45)27-16-17-30(43)38-32(27)44/h6-8,10-15,19,27,36,41H,1-5,9,16-18,20H2,(H,37,42)(H,38,43,44). The van der Waals surface area contributed by atoms with Crippen molar-refractivity contribution in [3.05, 3.63) is 77.4 Å². The first-order valence-corrected chi connectivity index (χ1v) is 16.0. The number of aromatic hydroxyl groups is 1. The highest BCUT2D eigenvalue weighted by molar-refractivity contribution is 6.25. The Morgan fingerprint density at radius 1 is 0.917 bits per heavy atom. The number of ether oxygens (including phenoxy) is 1. The summed E-state index contributed by atoms with van der Waals surface area (Å²) in [5.41, 5.74) is 3.04. The van der Waals surface area contributed by atoms with Crippen LogP contribution >= 0.6 is 0 Å². The number of piperidine rings is 1. The molecule has 3 heterocycles. The molecular weight excluding hydrogens is 618 g/mol. The van der Waals surface area contributed by atoms with Crippen molar-refractivity contribution < 1.29 is 38.6 Å². The average molecular weight is 654 g/mol. The smallest absolute Gasteiger partial charge is 0.420 e. The van der Waals surface area contributed by atoms with Crippen molar-refractivity contribution in [2.75, 3.05) is 22.1 Å². The van der Waals surface area contributed by atoms with E-state index in [0.29, 0.717) is 42.3 Å². The minimum atomic E-state index is -1.00. The van der Waals surface area contributed by atoms with Crippen molar-refractivity contribution in [1.29, 1.82) is 0 Å². The molecule has 3 aliphatic heterocycles. The molecule has 0 saturated carbocycles. The Morgan fingerprint density at radius 3 is 2.48 bits per heavy atom. The molecule has 248 valence electrons. The van der Waals surface area contributed by atoms with Crippen molar-refractivity contribution in [2.45, 2.75) is 64.0 Å². The predicted octanol–water partition coefficient (Wildman–Crippen LogP) is 4.70. The number of anilines is 3. The Bertz CT molecular complexity index is 1790. The van der Waals surface area contributed by atoms with Gasteiger partial charge in [-0.2, -0.15) is 0 Å². The van der Waals surface area contributed by atoms with Crippen LogP contribution in [0.2, 0.25) is 0 Å². The number of hydrogen-bond donors (Lipinski definition) is 4. The van der Waals surface area contributed by atoms with Gasteiger partial charge in [0.15, 0.2) is 0 Å². The van der Waals surface area contributed by atoms with E-state index in [4.69, 9.17) is 4.74 Å². The summed E-state index contributed by atoms with van der Waals surface area (Å²) in [5, 5.41) is 18.0. The Hall–Kier alpha value is -5.72. The number of rotatable bonds is 12. The number of carbonyl (C=O) groups is 6. The molecule has 1 fully saturated rings. The Kier molecular flexibility index (Phi) is 9.37. The number of fused-ring (bicyclic) bond motifs is 2. The van der Waals surface area contributed by atoms with Gasteiger partial charge in [0.2, 0.25) is 17.7 Å². The molecule has 0 aromatic heterocycles. The lowest BCUT2D eigenvalue weighted by molar-refractivity contribution is -0.136. The Labute approximate surface area is 276 Å². The van der Waals surface area contributed by atoms with Gasteiger partial charge in [-0.15, -0.1) is 0 Å². The fourth-order valence-electron chi connectivity index (χ4n) is 6.12. The maximum atomic E-state index is 13.2. The van der Waals surface area contributed by atoms with E-state index in [-0.39, 0.29) is 35.6 Å². The van der Waals surface area contributed by atoms with Gasteiger partial charge in [-0.05, 0) is 67.8 Å². The van der Waals surface area contributed by atoms with Crippen molar-refractivity contribution in [3.63, 3.8) is 0 Å². The van der Waals surface area contributed by atoms with Gasteiger partial charge in [0.1, 0.15) is 17.5 Å². The van der Waals surface area contributed by atoms with E-state index in [1.807, 2.05) is 0 Å². The highest BCUT2D eigenvalue weighted by atomic mass is 16.6. The fourth-order valence-corrected chi connectivity index (χ4v) is 6.12. The van der Waals surface area contributed by atoms with Crippen LogP contribution in [-0.2, 0) is 20.9 Å². The first-order valence-electron chi connectivity index (χ1n) is 16.0. The maximum Gasteiger partial charge on any atom is 0.420 e. The topological polar surface area (TPSA) is 174 Å². The number of nitrogens with one attached hydrogen (secondary N) is 3. The highest BCUT2D eigenvalue weighted by Gasteiger charge is 2.45. The summed E-state index contributed by atoms with van der Waals surface area (Å²) < 4.78 is 5.34. The number of carbonyl (C=O) groups excluding carboxylic acids is 6. The summed E-state index contributed by atoms with van der Waals surface area (Å²) in [7, 11) is 0. The summed E-state index contributed by atoms with van der Waals surface area (Å²) in [4.78, 5) is 77.5. The second kappa shape index (κ2) is 14.0. The van der Waals surface area contributed by atoms with Gasteiger partial charge in [0, 0.05) is 48.1 Å². The summed E-state index contributed by atoms with van der Waals surface area (Å²) in [6.45, 7) is 0.883. The molecule has 1 atom stereocenters. The fraction of sp³-hybridized carbons (Fsp3) is 0.314. The van der Waals surface area contributed by atoms with Crippen LogP contribution in [0.3, 0.4) is 0 Å². The quantitative estimate of drug-likeness (QED) is 0.160. The molecule has 0 aliphatic carbocycles. The molecule has 3 aromatic rings. The van der Waals surface area contributed by atoms with Crippen molar-refractivity contribution in [1.82, 2.24) is 10.2 Å². The minimum absolute atomic E-state index is 0.0258. The second-order valence-electron chi connectivity index (χ2n) is 12.0. The first kappa shape index (κ1) is 32.2. The van der Waals surface area contributed by atoms with Gasteiger partial charge in [0.05, 0.1) is 17.7 Å². The molecule has 3 aromatic carbocycles. The molecule has 3 aliphatic rings. The molecule has 6 rings (SSSR count). The zero-order valence-corrected chi connectivity index (χ0v) is 26.1. The van der Waals surface area contributed by atoms with Crippen LogP contribution in [0.1, 0.15) is 77.6 Å². The average Bonchev–Trinajstić information content (AvgIpc) is 3.32. The molecule has 13 heteroatoms. The van der Waals surface area contributed by atoms with Crippen LogP contribution in [-0.4, -0.2) is 58.2 Å². The highest BCUT2D eigenvalue weighted by Crippen LogP contribution is 2.34. The van der Waals surface area contributed by atoms with Crippen LogP contribution in [0.4, 0.5) is 21.9 Å². The van der Waals surface area contributed by atoms with E-state index in [1.54, 1.807) is 54.6 Å². The maximum absolute atomic E-state index is 13.2. The molecule has 13 nitrogen and oxygen atoms in total. The van der Waals surface area contributed by atoms with Crippen LogP contribution in [0.25, 0.3) is 0 Å². The van der Waals surface area contributed by atoms with Crippen LogP contribution in [0, 0.1) is 0 Å². The molecule has 1 unspecified atom stereocenters. The molecular formula is C35H35N5O8. The van der Waals surface area contributed by atoms with Gasteiger partial charge in [0.25, 0.3) is 11.8 Å². The third-order valence-corrected chi connectivity index (χ3v) is 8.62. The van der Waals surface area contributed by atoms with E-state index in [1.165, 1.54) is 11.0 Å². The zero-order chi connectivity index (χ0) is 33.8. The predicted molar refractivity (Wildman–Crippen MR) is 175 cm³/mol. The molecule has 6 amide bonds. The van der Waals surface area contributed by atoms with Crippen molar-refractivity contribution in [3.8, 4) is 11.5 Å². The van der Waals surface area contributed by atoms with Crippen LogP contribution in [0.15, 0.2) is 60.7 Å². The van der Waals surface area contributed by atoms with Gasteiger partial charge in [-0.3, -0.25) is 39.1 Å². The lowest BCUT2D eigenvalue weighted by Gasteiger charge is -2.28. The van der Waals surface area contributed by atoms with E-state index in [0.717, 1.165) is 42.6 Å². The van der Waals surface area contributed by atoms with E-state index >= 15 is 0 Å². The van der Waals surface area contributed by atoms with Gasteiger partial charge < -0.3 is 20.5 Å². The first-order chi connectivity index (χ1) is 23.2. The van der Waals surface area contributed by atoms with E-state index < -0.39 is 35.8 Å². The zero-order valence-electron chi connectivity index (χ0n) is 26.1. The summed E-state index contributed by atoms with van der Waals surface area (Å²) in [5.74, 6) is -1.86. The molecule has 0 bridgehead atoms. The van der Waals surface area contributed by atoms with Gasteiger partial charge in [-0.25, -0.2) is 4.79 Å². The largest absolute Gasteiger partial charge is 0.508 e. The number of benzene rings is 3. The van der Waals surface area contributed by atoms with Crippen LogP contribution in [0.5, 0.6) is 11.5 Å². The lowest BCUT2D eigenvalue weighted by atomic mass is 10.0. The number of imide groups is 2. The lowest BCUT2D eigenvalue weighted by Crippen LogP contribution is -2.54. The third-order valence-electron chi connectivity index (χ3n) is 8.62. The monoisotopic (exact) mass is 653 g/mol. The second-order valence-corrected chi connectivity index (χ2v) is 12.0. The number of phenolic OH excluding ortho intramolecular Hbond substituents is 1. The third kappa shape index (κ3) is 6.85. The molecule has 48 heavy (non-hydrogen) atoms. The minimum Gasteiger partial charge on any atom is -0.508 e. The normalized spacial score (nSPS) is 17.1. The number of unbranched alkanes of at least 4 members (excludes halogenated alkanes) is 4. The van der Waals surface area contributed by atoms with Crippen molar-refractivity contribution in [2.24, 2.45) is 0 Å². The number of amides is 6.